The molecule has 0 aliphatic heterocycles. The molecule has 1 aromatic rings. The van der Waals surface area contributed by atoms with E-state index in [2.05, 4.69) is 9.72 Å². The molecule has 0 aliphatic rings. The van der Waals surface area contributed by atoms with Gasteiger partial charge in [0, 0.05) is 0 Å². The number of ether oxygens (including phenoxy) is 1. The summed E-state index contributed by atoms with van der Waals surface area (Å²) in [5.41, 5.74) is -0.967. The Morgan fingerprint density at radius 3 is 2.50 bits per heavy atom. The molecule has 0 N–H and O–H groups in total. The van der Waals surface area contributed by atoms with Crippen LogP contribution in [0.25, 0.3) is 0 Å². The zero-order chi connectivity index (χ0) is 13.9. The van der Waals surface area contributed by atoms with Crippen molar-refractivity contribution >= 4 is 22.6 Å². The fourth-order valence-electron chi connectivity index (χ4n) is 1.16. The molecule has 0 atom stereocenters. The Kier molecular flexibility index (Phi) is 4.66. The lowest BCUT2D eigenvalue weighted by atomic mass is 10.1. The minimum absolute atomic E-state index is 0.258. The maximum Gasteiger partial charge on any atom is 0.573 e. The first kappa shape index (κ1) is 14.9. The second-order valence-electron chi connectivity index (χ2n) is 2.98. The van der Waals surface area contributed by atoms with Crippen LogP contribution >= 0.6 is 22.6 Å². The van der Waals surface area contributed by atoms with Gasteiger partial charge in [-0.3, -0.25) is 4.98 Å². The molecule has 0 spiro atoms. The molecule has 1 heterocycles. The summed E-state index contributed by atoms with van der Waals surface area (Å²) in [6, 6.07) is 1.61. The number of rotatable bonds is 3. The molecular formula is C9H4F5IN2O. The van der Waals surface area contributed by atoms with Gasteiger partial charge in [0.1, 0.15) is 0 Å². The van der Waals surface area contributed by atoms with Crippen LogP contribution in [0.3, 0.4) is 0 Å². The Bertz CT molecular complexity index is 483. The van der Waals surface area contributed by atoms with Gasteiger partial charge in [-0.2, -0.15) is 5.26 Å². The van der Waals surface area contributed by atoms with Crippen molar-refractivity contribution in [1.29, 1.82) is 5.26 Å². The number of hydrogen-bond acceptors (Lipinski definition) is 3. The van der Waals surface area contributed by atoms with Gasteiger partial charge in [-0.05, 0) is 22.6 Å². The number of hydrogen-bond donors (Lipinski definition) is 0. The molecule has 0 saturated heterocycles. The molecule has 98 valence electrons. The predicted octanol–water partition coefficient (Wildman–Crippen LogP) is 3.59. The van der Waals surface area contributed by atoms with Crippen LogP contribution < -0.4 is 4.74 Å². The summed E-state index contributed by atoms with van der Waals surface area (Å²) in [6.07, 6.45) is -7.77. The van der Waals surface area contributed by atoms with Gasteiger partial charge in [0.15, 0.2) is 5.75 Å². The van der Waals surface area contributed by atoms with E-state index in [4.69, 9.17) is 5.26 Å². The van der Waals surface area contributed by atoms with Crippen molar-refractivity contribution < 1.29 is 26.7 Å². The van der Waals surface area contributed by atoms with E-state index >= 15 is 0 Å². The Morgan fingerprint density at radius 2 is 2.06 bits per heavy atom. The van der Waals surface area contributed by atoms with Crippen LogP contribution in [-0.4, -0.2) is 11.3 Å². The van der Waals surface area contributed by atoms with Gasteiger partial charge in [-0.1, -0.05) is 0 Å². The highest BCUT2D eigenvalue weighted by atomic mass is 127. The minimum Gasteiger partial charge on any atom is -0.403 e. The van der Waals surface area contributed by atoms with Crippen molar-refractivity contribution in [1.82, 2.24) is 4.98 Å². The number of halogens is 6. The number of nitriles is 1. The molecule has 1 aromatic heterocycles. The average molecular weight is 378 g/mol. The van der Waals surface area contributed by atoms with Gasteiger partial charge >= 0.3 is 6.36 Å². The van der Waals surface area contributed by atoms with E-state index in [1.54, 1.807) is 6.07 Å². The first-order valence-corrected chi connectivity index (χ1v) is 5.42. The summed E-state index contributed by atoms with van der Waals surface area (Å²) in [7, 11) is 0. The monoisotopic (exact) mass is 378 g/mol. The molecule has 0 amide bonds. The fraction of sp³-hybridized carbons (Fsp3) is 0.333. The van der Waals surface area contributed by atoms with Crippen molar-refractivity contribution in [2.75, 3.05) is 0 Å². The summed E-state index contributed by atoms with van der Waals surface area (Å²) in [6.45, 7) is 0. The van der Waals surface area contributed by atoms with E-state index in [1.165, 1.54) is 22.6 Å². The quantitative estimate of drug-likeness (QED) is 0.597. The topological polar surface area (TPSA) is 45.9 Å². The van der Waals surface area contributed by atoms with Gasteiger partial charge in [0.05, 0.1) is 33.5 Å². The SMILES string of the molecule is N#CCc1ncc(OC(F)(F)F)c(I)c1C(F)F. The molecule has 0 aromatic carbocycles. The van der Waals surface area contributed by atoms with Crippen molar-refractivity contribution in [2.45, 2.75) is 19.2 Å². The van der Waals surface area contributed by atoms with Crippen molar-refractivity contribution in [2.24, 2.45) is 0 Å². The third kappa shape index (κ3) is 3.66. The summed E-state index contributed by atoms with van der Waals surface area (Å²) < 4.78 is 64.7. The van der Waals surface area contributed by atoms with E-state index in [-0.39, 0.29) is 5.69 Å². The molecule has 9 heteroatoms. The van der Waals surface area contributed by atoms with Crippen LogP contribution in [0, 0.1) is 14.9 Å². The smallest absolute Gasteiger partial charge is 0.403 e. The largest absolute Gasteiger partial charge is 0.573 e. The fourth-order valence-corrected chi connectivity index (χ4v) is 1.95. The van der Waals surface area contributed by atoms with E-state index in [0.717, 1.165) is 0 Å². The molecule has 0 fully saturated rings. The highest BCUT2D eigenvalue weighted by Crippen LogP contribution is 2.35. The van der Waals surface area contributed by atoms with Gasteiger partial charge in [-0.15, -0.1) is 13.2 Å². The van der Waals surface area contributed by atoms with Gasteiger partial charge in [-0.25, -0.2) is 8.78 Å². The standard InChI is InChI=1S/C9H4F5IN2O/c10-8(11)6-4(1-2-16)17-3-5(7(6)15)18-9(12,13)14/h3,8H,1H2. The minimum atomic E-state index is -4.99. The average Bonchev–Trinajstić information content (AvgIpc) is 2.20. The lowest BCUT2D eigenvalue weighted by Gasteiger charge is -2.14. The first-order chi connectivity index (χ1) is 8.26. The zero-order valence-corrected chi connectivity index (χ0v) is 10.6. The zero-order valence-electron chi connectivity index (χ0n) is 8.43. The van der Waals surface area contributed by atoms with E-state index < -0.39 is 34.1 Å². The first-order valence-electron chi connectivity index (χ1n) is 4.34. The van der Waals surface area contributed by atoms with Gasteiger partial charge in [0.25, 0.3) is 6.43 Å². The molecule has 1 rings (SSSR count). The number of alkyl halides is 5. The normalized spacial score (nSPS) is 11.4. The molecule has 0 aliphatic carbocycles. The molecule has 3 nitrogen and oxygen atoms in total. The van der Waals surface area contributed by atoms with Crippen LogP contribution in [0.1, 0.15) is 17.7 Å². The van der Waals surface area contributed by atoms with Gasteiger partial charge in [0.2, 0.25) is 0 Å². The van der Waals surface area contributed by atoms with E-state index in [9.17, 15) is 22.0 Å². The summed E-state index contributed by atoms with van der Waals surface area (Å²) in [4.78, 5) is 3.40. The molecule has 0 bridgehead atoms. The third-order valence-electron chi connectivity index (χ3n) is 1.79. The number of nitrogens with zero attached hydrogens (tertiary/aromatic N) is 2. The molecule has 0 saturated carbocycles. The van der Waals surface area contributed by atoms with Crippen molar-refractivity contribution in [3.63, 3.8) is 0 Å². The van der Waals surface area contributed by atoms with Crippen LogP contribution in [0.15, 0.2) is 6.20 Å². The summed E-state index contributed by atoms with van der Waals surface area (Å²) in [5, 5.41) is 8.42. The number of aromatic nitrogens is 1. The lowest BCUT2D eigenvalue weighted by Crippen LogP contribution is -2.19. The Balaban J connectivity index is 3.27. The van der Waals surface area contributed by atoms with Crippen LogP contribution in [0.2, 0.25) is 0 Å². The van der Waals surface area contributed by atoms with E-state index in [1.807, 2.05) is 0 Å². The van der Waals surface area contributed by atoms with E-state index in [0.29, 0.717) is 6.20 Å². The van der Waals surface area contributed by atoms with Crippen LogP contribution in [0.5, 0.6) is 5.75 Å². The molecule has 0 unspecified atom stereocenters. The van der Waals surface area contributed by atoms with Crippen LogP contribution in [0.4, 0.5) is 22.0 Å². The summed E-state index contributed by atoms with van der Waals surface area (Å²) in [5.74, 6) is -0.805. The number of pyridine rings is 1. The lowest BCUT2D eigenvalue weighted by molar-refractivity contribution is -0.275. The second-order valence-corrected chi connectivity index (χ2v) is 4.06. The summed E-state index contributed by atoms with van der Waals surface area (Å²) >= 11 is 1.31. The maximum atomic E-state index is 12.7. The van der Waals surface area contributed by atoms with Crippen molar-refractivity contribution in [3.05, 3.63) is 21.0 Å². The molecule has 18 heavy (non-hydrogen) atoms. The Morgan fingerprint density at radius 1 is 1.44 bits per heavy atom. The molecular weight excluding hydrogens is 374 g/mol. The Hall–Kier alpha value is -1.18. The van der Waals surface area contributed by atoms with Crippen molar-refractivity contribution in [3.8, 4) is 11.8 Å². The Labute approximate surface area is 112 Å². The van der Waals surface area contributed by atoms with Gasteiger partial charge < -0.3 is 4.74 Å². The maximum absolute atomic E-state index is 12.7. The molecule has 0 radical (unpaired) electrons. The third-order valence-corrected chi connectivity index (χ3v) is 2.90. The predicted molar refractivity (Wildman–Crippen MR) is 57.9 cm³/mol. The highest BCUT2D eigenvalue weighted by Gasteiger charge is 2.33. The second kappa shape index (κ2) is 5.64. The highest BCUT2D eigenvalue weighted by molar-refractivity contribution is 14.1. The van der Waals surface area contributed by atoms with Crippen LogP contribution in [-0.2, 0) is 6.42 Å².